The van der Waals surface area contributed by atoms with Crippen molar-refractivity contribution >= 4 is 41.5 Å². The number of rotatable bonds is 7. The van der Waals surface area contributed by atoms with Crippen molar-refractivity contribution in [1.82, 2.24) is 10.2 Å². The quantitative estimate of drug-likeness (QED) is 0.333. The Morgan fingerprint density at radius 1 is 1.21 bits per heavy atom. The van der Waals surface area contributed by atoms with Crippen molar-refractivity contribution in [3.05, 3.63) is 59.2 Å². The van der Waals surface area contributed by atoms with Crippen LogP contribution in [0, 0.1) is 6.92 Å². The normalized spacial score (nSPS) is 10.7. The smallest absolute Gasteiger partial charge is 0.221 e. The third kappa shape index (κ3) is 7.56. The van der Waals surface area contributed by atoms with Gasteiger partial charge in [-0.3, -0.25) is 4.79 Å². The molecular formula is C22H31IN4O2. The first-order valence-electron chi connectivity index (χ1n) is 9.43. The lowest BCUT2D eigenvalue weighted by Gasteiger charge is -2.23. The standard InChI is InChI=1S/C22H30N4O2.HI/c1-6-23-22(26(4)15-19-10-8-7-9-16(19)2)24-14-18-11-12-21(28-5)20(13-18)25-17(3)27;/h7-13H,6,14-15H2,1-5H3,(H,23,24)(H,25,27);1H. The van der Waals surface area contributed by atoms with Crippen LogP contribution in [-0.2, 0) is 17.9 Å². The van der Waals surface area contributed by atoms with Gasteiger partial charge in [0.2, 0.25) is 5.91 Å². The van der Waals surface area contributed by atoms with Crippen molar-refractivity contribution in [2.24, 2.45) is 4.99 Å². The number of hydrogen-bond donors (Lipinski definition) is 2. The maximum atomic E-state index is 11.4. The predicted molar refractivity (Wildman–Crippen MR) is 130 cm³/mol. The van der Waals surface area contributed by atoms with Crippen molar-refractivity contribution in [2.75, 3.05) is 26.0 Å². The summed E-state index contributed by atoms with van der Waals surface area (Å²) in [5.41, 5.74) is 4.18. The molecule has 29 heavy (non-hydrogen) atoms. The number of anilines is 1. The number of benzene rings is 2. The minimum atomic E-state index is -0.134. The Kier molecular flexibility index (Phi) is 10.5. The van der Waals surface area contributed by atoms with E-state index < -0.39 is 0 Å². The summed E-state index contributed by atoms with van der Waals surface area (Å²) in [6.45, 7) is 7.72. The fraction of sp³-hybridized carbons (Fsp3) is 0.364. The van der Waals surface area contributed by atoms with Crippen LogP contribution in [0.2, 0.25) is 0 Å². The number of carbonyl (C=O) groups excluding carboxylic acids is 1. The first-order valence-corrected chi connectivity index (χ1v) is 9.43. The number of carbonyl (C=O) groups is 1. The number of nitrogens with zero attached hydrogens (tertiary/aromatic N) is 2. The zero-order valence-electron chi connectivity index (χ0n) is 17.8. The van der Waals surface area contributed by atoms with Gasteiger partial charge in [-0.2, -0.15) is 0 Å². The largest absolute Gasteiger partial charge is 0.495 e. The summed E-state index contributed by atoms with van der Waals surface area (Å²) >= 11 is 0. The van der Waals surface area contributed by atoms with Gasteiger partial charge >= 0.3 is 0 Å². The highest BCUT2D eigenvalue weighted by Gasteiger charge is 2.09. The van der Waals surface area contributed by atoms with Gasteiger partial charge in [0.1, 0.15) is 5.75 Å². The van der Waals surface area contributed by atoms with Gasteiger partial charge in [0.15, 0.2) is 5.96 Å². The summed E-state index contributed by atoms with van der Waals surface area (Å²) in [4.78, 5) is 18.3. The van der Waals surface area contributed by atoms with Gasteiger partial charge in [-0.1, -0.05) is 30.3 Å². The fourth-order valence-corrected chi connectivity index (χ4v) is 2.89. The van der Waals surface area contributed by atoms with Crippen LogP contribution < -0.4 is 15.4 Å². The molecule has 0 spiro atoms. The molecule has 0 saturated heterocycles. The van der Waals surface area contributed by atoms with Crippen LogP contribution in [0.25, 0.3) is 0 Å². The van der Waals surface area contributed by atoms with Crippen molar-refractivity contribution in [2.45, 2.75) is 33.9 Å². The third-order valence-corrected chi connectivity index (χ3v) is 4.35. The maximum Gasteiger partial charge on any atom is 0.221 e. The molecule has 0 fully saturated rings. The molecule has 0 bridgehead atoms. The zero-order valence-corrected chi connectivity index (χ0v) is 20.1. The number of methoxy groups -OCH3 is 1. The van der Waals surface area contributed by atoms with Gasteiger partial charge in [0, 0.05) is 27.1 Å². The van der Waals surface area contributed by atoms with E-state index in [-0.39, 0.29) is 29.9 Å². The molecule has 2 N–H and O–H groups in total. The van der Waals surface area contributed by atoms with Gasteiger partial charge in [0.05, 0.1) is 19.3 Å². The molecule has 7 heteroatoms. The van der Waals surface area contributed by atoms with Crippen molar-refractivity contribution in [3.8, 4) is 5.75 Å². The van der Waals surface area contributed by atoms with E-state index in [2.05, 4.69) is 53.6 Å². The molecule has 0 unspecified atom stereocenters. The predicted octanol–water partition coefficient (Wildman–Crippen LogP) is 4.18. The van der Waals surface area contributed by atoms with Gasteiger partial charge in [-0.05, 0) is 42.7 Å². The Bertz CT molecular complexity index is 839. The molecule has 0 heterocycles. The average Bonchev–Trinajstić information content (AvgIpc) is 2.66. The zero-order chi connectivity index (χ0) is 20.5. The Morgan fingerprint density at radius 2 is 1.93 bits per heavy atom. The van der Waals surface area contributed by atoms with E-state index in [4.69, 9.17) is 9.73 Å². The summed E-state index contributed by atoms with van der Waals surface area (Å²) < 4.78 is 5.31. The molecule has 2 aromatic carbocycles. The van der Waals surface area contributed by atoms with E-state index in [9.17, 15) is 4.79 Å². The van der Waals surface area contributed by atoms with Gasteiger partial charge in [-0.15, -0.1) is 24.0 Å². The van der Waals surface area contributed by atoms with E-state index in [1.165, 1.54) is 18.1 Å². The summed E-state index contributed by atoms with van der Waals surface area (Å²) in [7, 11) is 3.62. The van der Waals surface area contributed by atoms with E-state index in [0.29, 0.717) is 18.0 Å². The Hall–Kier alpha value is -2.29. The molecule has 6 nitrogen and oxygen atoms in total. The monoisotopic (exact) mass is 510 g/mol. The summed E-state index contributed by atoms with van der Waals surface area (Å²) in [5, 5.41) is 6.14. The fourth-order valence-electron chi connectivity index (χ4n) is 2.89. The highest BCUT2D eigenvalue weighted by molar-refractivity contribution is 14.0. The SMILES string of the molecule is CCNC(=NCc1ccc(OC)c(NC(C)=O)c1)N(C)Cc1ccccc1C.I. The molecule has 0 aromatic heterocycles. The first-order chi connectivity index (χ1) is 13.4. The second-order valence-corrected chi connectivity index (χ2v) is 6.67. The summed E-state index contributed by atoms with van der Waals surface area (Å²) in [6.07, 6.45) is 0. The lowest BCUT2D eigenvalue weighted by Crippen LogP contribution is -2.38. The molecule has 0 atom stereocenters. The number of amides is 1. The van der Waals surface area contributed by atoms with Gasteiger partial charge in [-0.25, -0.2) is 4.99 Å². The second-order valence-electron chi connectivity index (χ2n) is 6.67. The van der Waals surface area contributed by atoms with Gasteiger partial charge < -0.3 is 20.3 Å². The van der Waals surface area contributed by atoms with E-state index in [0.717, 1.165) is 24.6 Å². The maximum absolute atomic E-state index is 11.4. The number of ether oxygens (including phenoxy) is 1. The Balaban J connectivity index is 0.00000420. The Morgan fingerprint density at radius 3 is 2.55 bits per heavy atom. The first kappa shape index (κ1) is 24.7. The van der Waals surface area contributed by atoms with Crippen molar-refractivity contribution in [1.29, 1.82) is 0 Å². The molecule has 2 aromatic rings. The minimum Gasteiger partial charge on any atom is -0.495 e. The molecule has 0 aliphatic rings. The van der Waals surface area contributed by atoms with E-state index in [1.54, 1.807) is 7.11 Å². The molecule has 0 aliphatic carbocycles. The second kappa shape index (κ2) is 12.3. The third-order valence-electron chi connectivity index (χ3n) is 4.35. The number of halogens is 1. The molecule has 2 rings (SSSR count). The average molecular weight is 510 g/mol. The summed E-state index contributed by atoms with van der Waals surface area (Å²) in [6, 6.07) is 14.1. The Labute approximate surface area is 190 Å². The van der Waals surface area contributed by atoms with Crippen LogP contribution in [0.1, 0.15) is 30.5 Å². The number of aliphatic imine (C=N–C) groups is 1. The van der Waals surface area contributed by atoms with Crippen LogP contribution in [0.4, 0.5) is 5.69 Å². The highest BCUT2D eigenvalue weighted by atomic mass is 127. The lowest BCUT2D eigenvalue weighted by molar-refractivity contribution is -0.114. The van der Waals surface area contributed by atoms with Gasteiger partial charge in [0.25, 0.3) is 0 Å². The number of hydrogen-bond acceptors (Lipinski definition) is 3. The lowest BCUT2D eigenvalue weighted by atomic mass is 10.1. The van der Waals surface area contributed by atoms with Crippen LogP contribution in [0.3, 0.4) is 0 Å². The van der Waals surface area contributed by atoms with Crippen LogP contribution in [-0.4, -0.2) is 37.5 Å². The molecule has 1 amide bonds. The summed E-state index contributed by atoms with van der Waals surface area (Å²) in [5.74, 6) is 1.33. The number of nitrogens with one attached hydrogen (secondary N) is 2. The highest BCUT2D eigenvalue weighted by Crippen LogP contribution is 2.25. The molecule has 0 saturated carbocycles. The minimum absolute atomic E-state index is 0. The van der Waals surface area contributed by atoms with Crippen molar-refractivity contribution < 1.29 is 9.53 Å². The molecule has 0 aliphatic heterocycles. The van der Waals surface area contributed by atoms with Crippen LogP contribution >= 0.6 is 24.0 Å². The van der Waals surface area contributed by atoms with E-state index >= 15 is 0 Å². The number of guanidine groups is 1. The molecule has 158 valence electrons. The van der Waals surface area contributed by atoms with Crippen LogP contribution in [0.15, 0.2) is 47.5 Å². The molecule has 0 radical (unpaired) electrons. The number of aryl methyl sites for hydroxylation is 1. The van der Waals surface area contributed by atoms with Crippen LogP contribution in [0.5, 0.6) is 5.75 Å². The molecular weight excluding hydrogens is 479 g/mol. The van der Waals surface area contributed by atoms with E-state index in [1.807, 2.05) is 25.2 Å². The topological polar surface area (TPSA) is 66.0 Å². The van der Waals surface area contributed by atoms with Crippen molar-refractivity contribution in [3.63, 3.8) is 0 Å².